The second kappa shape index (κ2) is 6.53. The number of rotatable bonds is 3. The molecule has 128 valence electrons. The fraction of sp³-hybridized carbons (Fsp3) is 0.444. The van der Waals surface area contributed by atoms with E-state index in [1.807, 2.05) is 44.2 Å². The van der Waals surface area contributed by atoms with Gasteiger partial charge in [-0.15, -0.1) is 11.3 Å². The van der Waals surface area contributed by atoms with Gasteiger partial charge in [-0.25, -0.2) is 4.98 Å². The Morgan fingerprint density at radius 2 is 2.08 bits per heavy atom. The average Bonchev–Trinajstić information content (AvgIpc) is 2.88. The van der Waals surface area contributed by atoms with E-state index in [9.17, 15) is 9.90 Å². The highest BCUT2D eigenvalue weighted by molar-refractivity contribution is 7.13. The van der Waals surface area contributed by atoms with E-state index < -0.39 is 11.7 Å². The Labute approximate surface area is 145 Å². The molecule has 1 N–H and O–H groups in total. The highest BCUT2D eigenvalue weighted by atomic mass is 32.1. The lowest BCUT2D eigenvalue weighted by Gasteiger charge is -2.42. The van der Waals surface area contributed by atoms with E-state index in [0.717, 1.165) is 10.7 Å². The van der Waals surface area contributed by atoms with Gasteiger partial charge in [-0.1, -0.05) is 18.2 Å². The molecular weight excluding hydrogens is 324 g/mol. The number of piperidine rings is 1. The molecule has 0 bridgehead atoms. The van der Waals surface area contributed by atoms with Gasteiger partial charge in [0.2, 0.25) is 0 Å². The van der Waals surface area contributed by atoms with Crippen LogP contribution in [0.4, 0.5) is 0 Å². The number of likely N-dealkylation sites (tertiary alicyclic amines) is 1. The number of hydrogen-bond acceptors (Lipinski definition) is 5. The Hall–Kier alpha value is -1.92. The Kier molecular flexibility index (Phi) is 4.60. The van der Waals surface area contributed by atoms with Gasteiger partial charge in [-0.2, -0.15) is 0 Å². The van der Waals surface area contributed by atoms with E-state index in [1.54, 1.807) is 11.8 Å². The summed E-state index contributed by atoms with van der Waals surface area (Å²) < 4.78 is 5.97. The molecule has 1 aliphatic rings. The molecule has 2 aromatic rings. The molecule has 1 aliphatic heterocycles. The van der Waals surface area contributed by atoms with E-state index in [0.29, 0.717) is 30.1 Å². The standard InChI is InChI=1S/C18H22N2O3S/c1-12-16(24-13(2)19-12)17(21)20-10-9-18(3,22)15(11-20)23-14-7-5-4-6-8-14/h4-8,15,22H,9-11H2,1-3H3/t15-,18-/m1/s1. The summed E-state index contributed by atoms with van der Waals surface area (Å²) >= 11 is 1.42. The largest absolute Gasteiger partial charge is 0.486 e. The highest BCUT2D eigenvalue weighted by Crippen LogP contribution is 2.28. The smallest absolute Gasteiger partial charge is 0.265 e. The van der Waals surface area contributed by atoms with Crippen LogP contribution in [-0.2, 0) is 0 Å². The van der Waals surface area contributed by atoms with Crippen LogP contribution in [0, 0.1) is 13.8 Å². The van der Waals surface area contributed by atoms with E-state index in [4.69, 9.17) is 4.74 Å². The lowest BCUT2D eigenvalue weighted by atomic mass is 9.90. The molecule has 5 nitrogen and oxygen atoms in total. The van der Waals surface area contributed by atoms with Crippen LogP contribution >= 0.6 is 11.3 Å². The van der Waals surface area contributed by atoms with Gasteiger partial charge in [-0.3, -0.25) is 4.79 Å². The summed E-state index contributed by atoms with van der Waals surface area (Å²) in [5.74, 6) is 0.664. The zero-order valence-corrected chi connectivity index (χ0v) is 15.0. The minimum atomic E-state index is -0.967. The van der Waals surface area contributed by atoms with Crippen molar-refractivity contribution in [2.45, 2.75) is 38.9 Å². The molecule has 0 aliphatic carbocycles. The molecule has 24 heavy (non-hydrogen) atoms. The maximum Gasteiger partial charge on any atom is 0.265 e. The molecule has 0 spiro atoms. The van der Waals surface area contributed by atoms with Crippen LogP contribution in [0.1, 0.15) is 33.7 Å². The van der Waals surface area contributed by atoms with E-state index in [2.05, 4.69) is 4.98 Å². The number of aromatic nitrogens is 1. The Balaban J connectivity index is 1.77. The number of carbonyl (C=O) groups excluding carboxylic acids is 1. The fourth-order valence-electron chi connectivity index (χ4n) is 2.90. The van der Waals surface area contributed by atoms with Gasteiger partial charge >= 0.3 is 0 Å². The van der Waals surface area contributed by atoms with Crippen molar-refractivity contribution in [1.29, 1.82) is 0 Å². The number of para-hydroxylation sites is 1. The van der Waals surface area contributed by atoms with Crippen molar-refractivity contribution in [2.24, 2.45) is 0 Å². The van der Waals surface area contributed by atoms with Crippen LogP contribution in [0.2, 0.25) is 0 Å². The molecule has 6 heteroatoms. The third-order valence-corrected chi connectivity index (χ3v) is 5.44. The molecule has 0 saturated carbocycles. The normalized spacial score (nSPS) is 24.0. The van der Waals surface area contributed by atoms with Crippen molar-refractivity contribution in [3.8, 4) is 5.75 Å². The molecule has 1 aromatic heterocycles. The molecule has 2 atom stereocenters. The van der Waals surface area contributed by atoms with Crippen LogP contribution in [0.3, 0.4) is 0 Å². The lowest BCUT2D eigenvalue weighted by molar-refractivity contribution is -0.0880. The number of amides is 1. The summed E-state index contributed by atoms with van der Waals surface area (Å²) in [6, 6.07) is 9.40. The second-order valence-corrected chi connectivity index (χ2v) is 7.63. The lowest BCUT2D eigenvalue weighted by Crippen LogP contribution is -2.57. The first-order valence-corrected chi connectivity index (χ1v) is 8.86. The minimum Gasteiger partial charge on any atom is -0.486 e. The van der Waals surface area contributed by atoms with Crippen molar-refractivity contribution in [3.63, 3.8) is 0 Å². The summed E-state index contributed by atoms with van der Waals surface area (Å²) in [5.41, 5.74) is -0.203. The number of thiazole rings is 1. The van der Waals surface area contributed by atoms with Gasteiger partial charge in [-0.05, 0) is 39.3 Å². The number of aryl methyl sites for hydroxylation is 2. The second-order valence-electron chi connectivity index (χ2n) is 6.43. The van der Waals surface area contributed by atoms with Crippen LogP contribution in [-0.4, -0.2) is 45.7 Å². The number of aliphatic hydroxyl groups is 1. The number of hydrogen-bond donors (Lipinski definition) is 1. The first kappa shape index (κ1) is 16.9. The first-order chi connectivity index (χ1) is 11.4. The van der Waals surface area contributed by atoms with Gasteiger partial charge in [0, 0.05) is 6.54 Å². The number of carbonyl (C=O) groups is 1. The SMILES string of the molecule is Cc1nc(C)c(C(=O)N2CC[C@@](C)(O)[C@H](Oc3ccccc3)C2)s1. The maximum absolute atomic E-state index is 12.8. The Morgan fingerprint density at radius 3 is 2.71 bits per heavy atom. The highest BCUT2D eigenvalue weighted by Gasteiger charge is 2.41. The molecule has 2 heterocycles. The van der Waals surface area contributed by atoms with Gasteiger partial charge in [0.25, 0.3) is 5.91 Å². The van der Waals surface area contributed by atoms with E-state index >= 15 is 0 Å². The van der Waals surface area contributed by atoms with Crippen LogP contribution in [0.5, 0.6) is 5.75 Å². The summed E-state index contributed by atoms with van der Waals surface area (Å²) in [7, 11) is 0. The Bertz CT molecular complexity index is 727. The van der Waals surface area contributed by atoms with Crippen molar-refractivity contribution in [2.75, 3.05) is 13.1 Å². The zero-order valence-electron chi connectivity index (χ0n) is 14.2. The number of nitrogens with zero attached hydrogens (tertiary/aromatic N) is 2. The average molecular weight is 346 g/mol. The maximum atomic E-state index is 12.8. The fourth-order valence-corrected chi connectivity index (χ4v) is 3.78. The number of ether oxygens (including phenoxy) is 1. The third-order valence-electron chi connectivity index (χ3n) is 4.37. The van der Waals surface area contributed by atoms with Crippen molar-refractivity contribution >= 4 is 17.2 Å². The first-order valence-electron chi connectivity index (χ1n) is 8.04. The van der Waals surface area contributed by atoms with Gasteiger partial charge in [0.1, 0.15) is 22.3 Å². The topological polar surface area (TPSA) is 62.7 Å². The minimum absolute atomic E-state index is 0.0322. The molecule has 3 rings (SSSR count). The predicted octanol–water partition coefficient (Wildman–Crippen LogP) is 2.80. The Morgan fingerprint density at radius 1 is 1.38 bits per heavy atom. The van der Waals surface area contributed by atoms with Crippen molar-refractivity contribution < 1.29 is 14.6 Å². The third kappa shape index (κ3) is 3.44. The zero-order chi connectivity index (χ0) is 17.3. The number of benzene rings is 1. The molecular formula is C18H22N2O3S. The molecule has 1 amide bonds. The van der Waals surface area contributed by atoms with Crippen molar-refractivity contribution in [1.82, 2.24) is 9.88 Å². The molecule has 1 aromatic carbocycles. The van der Waals surface area contributed by atoms with E-state index in [-0.39, 0.29) is 5.91 Å². The van der Waals surface area contributed by atoms with Crippen LogP contribution < -0.4 is 4.74 Å². The molecule has 1 saturated heterocycles. The van der Waals surface area contributed by atoms with Crippen molar-refractivity contribution in [3.05, 3.63) is 45.9 Å². The van der Waals surface area contributed by atoms with Gasteiger partial charge in [0.05, 0.1) is 17.2 Å². The van der Waals surface area contributed by atoms with Gasteiger partial charge < -0.3 is 14.7 Å². The van der Waals surface area contributed by atoms with Gasteiger partial charge in [0.15, 0.2) is 0 Å². The molecule has 0 unspecified atom stereocenters. The molecule has 1 fully saturated rings. The summed E-state index contributed by atoms with van der Waals surface area (Å²) in [5, 5.41) is 11.5. The van der Waals surface area contributed by atoms with Crippen LogP contribution in [0.25, 0.3) is 0 Å². The quantitative estimate of drug-likeness (QED) is 0.928. The van der Waals surface area contributed by atoms with Crippen LogP contribution in [0.15, 0.2) is 30.3 Å². The summed E-state index contributed by atoms with van der Waals surface area (Å²) in [6.07, 6.45) is 0.0134. The van der Waals surface area contributed by atoms with E-state index in [1.165, 1.54) is 11.3 Å². The summed E-state index contributed by atoms with van der Waals surface area (Å²) in [4.78, 5) is 19.6. The summed E-state index contributed by atoms with van der Waals surface area (Å²) in [6.45, 7) is 6.39. The molecule has 0 radical (unpaired) electrons. The monoisotopic (exact) mass is 346 g/mol. The predicted molar refractivity (Wildman–Crippen MR) is 93.6 cm³/mol.